The highest BCUT2D eigenvalue weighted by Gasteiger charge is 2.22. The van der Waals surface area contributed by atoms with Crippen LogP contribution in [0, 0.1) is 5.92 Å². The monoisotopic (exact) mass is 378 g/mol. The molecule has 3 amide bonds. The van der Waals surface area contributed by atoms with Gasteiger partial charge >= 0.3 is 6.03 Å². The lowest BCUT2D eigenvalue weighted by Crippen LogP contribution is -2.41. The van der Waals surface area contributed by atoms with E-state index >= 15 is 0 Å². The largest absolute Gasteiger partial charge is 0.496 e. The number of primary amides is 1. The number of piperidine rings is 1. The van der Waals surface area contributed by atoms with Gasteiger partial charge in [0.05, 0.1) is 19.3 Å². The van der Waals surface area contributed by atoms with E-state index in [-0.39, 0.29) is 11.6 Å². The molecule has 8 nitrogen and oxygen atoms in total. The summed E-state index contributed by atoms with van der Waals surface area (Å²) in [5.74, 6) is 0.266. The van der Waals surface area contributed by atoms with E-state index in [0.717, 1.165) is 39.1 Å². The van der Waals surface area contributed by atoms with Crippen molar-refractivity contribution >= 4 is 17.6 Å². The van der Waals surface area contributed by atoms with Gasteiger partial charge < -0.3 is 30.3 Å². The molecule has 0 unspecified atom stereocenters. The summed E-state index contributed by atoms with van der Waals surface area (Å²) >= 11 is 0. The van der Waals surface area contributed by atoms with E-state index in [0.29, 0.717) is 23.9 Å². The molecule has 150 valence electrons. The Morgan fingerprint density at radius 2 is 2.00 bits per heavy atom. The summed E-state index contributed by atoms with van der Waals surface area (Å²) in [5.41, 5.74) is 6.11. The molecule has 1 aromatic carbocycles. The number of likely N-dealkylation sites (tertiary alicyclic amines) is 1. The minimum absolute atomic E-state index is 0.211. The minimum atomic E-state index is -0.600. The fourth-order valence-electron chi connectivity index (χ4n) is 3.28. The molecular formula is C19H30N4O4. The molecule has 1 aliphatic rings. The molecule has 0 bridgehead atoms. The summed E-state index contributed by atoms with van der Waals surface area (Å²) in [5, 5.41) is 2.81. The maximum atomic E-state index is 12.5. The van der Waals surface area contributed by atoms with Crippen molar-refractivity contribution in [3.63, 3.8) is 0 Å². The van der Waals surface area contributed by atoms with Gasteiger partial charge in [-0.1, -0.05) is 0 Å². The Bertz CT molecular complexity index is 645. The van der Waals surface area contributed by atoms with Gasteiger partial charge in [-0.05, 0) is 50.0 Å². The topological polar surface area (TPSA) is 97.1 Å². The molecular weight excluding hydrogens is 348 g/mol. The molecule has 0 spiro atoms. The van der Waals surface area contributed by atoms with E-state index in [9.17, 15) is 9.59 Å². The van der Waals surface area contributed by atoms with Gasteiger partial charge in [0.1, 0.15) is 5.75 Å². The van der Waals surface area contributed by atoms with E-state index in [1.54, 1.807) is 31.2 Å². The predicted molar refractivity (Wildman–Crippen MR) is 104 cm³/mol. The second-order valence-corrected chi connectivity index (χ2v) is 6.87. The van der Waals surface area contributed by atoms with E-state index in [4.69, 9.17) is 15.2 Å². The lowest BCUT2D eigenvalue weighted by Gasteiger charge is -2.33. The maximum Gasteiger partial charge on any atom is 0.321 e. The smallest absolute Gasteiger partial charge is 0.321 e. The third kappa shape index (κ3) is 6.11. The Hall–Kier alpha value is -2.32. The number of anilines is 1. The number of amides is 3. The summed E-state index contributed by atoms with van der Waals surface area (Å²) in [6, 6.07) is 4.62. The molecule has 0 aliphatic carbocycles. The van der Waals surface area contributed by atoms with Crippen LogP contribution in [0.25, 0.3) is 0 Å². The van der Waals surface area contributed by atoms with Crippen molar-refractivity contribution in [2.75, 3.05) is 59.4 Å². The molecule has 27 heavy (non-hydrogen) atoms. The first kappa shape index (κ1) is 21.0. The molecule has 0 atom stereocenters. The van der Waals surface area contributed by atoms with E-state index in [1.807, 2.05) is 0 Å². The zero-order valence-electron chi connectivity index (χ0n) is 16.4. The average Bonchev–Trinajstić information content (AvgIpc) is 2.67. The molecule has 3 N–H and O–H groups in total. The number of rotatable bonds is 8. The molecule has 1 aromatic rings. The van der Waals surface area contributed by atoms with E-state index in [2.05, 4.69) is 10.2 Å². The number of urea groups is 1. The predicted octanol–water partition coefficient (Wildman–Crippen LogP) is 1.62. The zero-order chi connectivity index (χ0) is 19.8. The van der Waals surface area contributed by atoms with Gasteiger partial charge in [0.15, 0.2) is 0 Å². The number of nitrogens with one attached hydrogen (secondary N) is 1. The number of benzene rings is 1. The summed E-state index contributed by atoms with van der Waals surface area (Å²) in [7, 11) is 4.97. The molecule has 1 fully saturated rings. The summed E-state index contributed by atoms with van der Waals surface area (Å²) in [6.07, 6.45) is 2.13. The lowest BCUT2D eigenvalue weighted by atomic mass is 9.96. The van der Waals surface area contributed by atoms with Crippen LogP contribution in [0.5, 0.6) is 5.75 Å². The third-order valence-electron chi connectivity index (χ3n) is 4.91. The summed E-state index contributed by atoms with van der Waals surface area (Å²) in [4.78, 5) is 28.1. The van der Waals surface area contributed by atoms with Gasteiger partial charge in [-0.15, -0.1) is 0 Å². The standard InChI is InChI=1S/C19H30N4O4/c1-22(13-14-6-8-23(9-7-14)10-11-26-2)19(25)21-15-4-5-17(27-3)16(12-15)18(20)24/h4-5,12,14H,6-11,13H2,1-3H3,(H2,20,24)(H,21,25). The highest BCUT2D eigenvalue weighted by molar-refractivity contribution is 5.98. The van der Waals surface area contributed by atoms with Crippen molar-refractivity contribution in [1.82, 2.24) is 9.80 Å². The fraction of sp³-hybridized carbons (Fsp3) is 0.579. The first-order chi connectivity index (χ1) is 12.9. The van der Waals surface area contributed by atoms with Crippen LogP contribution in [-0.4, -0.2) is 75.8 Å². The van der Waals surface area contributed by atoms with E-state index in [1.165, 1.54) is 13.2 Å². The van der Waals surface area contributed by atoms with Gasteiger partial charge in [0.25, 0.3) is 5.91 Å². The van der Waals surface area contributed by atoms with Crippen LogP contribution < -0.4 is 15.8 Å². The van der Waals surface area contributed by atoms with Gasteiger partial charge in [-0.25, -0.2) is 4.79 Å². The third-order valence-corrected chi connectivity index (χ3v) is 4.91. The number of nitrogens with zero attached hydrogens (tertiary/aromatic N) is 2. The Balaban J connectivity index is 1.86. The summed E-state index contributed by atoms with van der Waals surface area (Å²) < 4.78 is 10.2. The van der Waals surface area contributed by atoms with Crippen LogP contribution in [0.4, 0.5) is 10.5 Å². The molecule has 0 saturated carbocycles. The number of carbonyl (C=O) groups excluding carboxylic acids is 2. The fourth-order valence-corrected chi connectivity index (χ4v) is 3.28. The lowest BCUT2D eigenvalue weighted by molar-refractivity contribution is 0.0997. The Kier molecular flexibility index (Phi) is 7.87. The number of methoxy groups -OCH3 is 2. The number of carbonyl (C=O) groups is 2. The zero-order valence-corrected chi connectivity index (χ0v) is 16.4. The van der Waals surface area contributed by atoms with E-state index < -0.39 is 5.91 Å². The highest BCUT2D eigenvalue weighted by Crippen LogP contribution is 2.23. The van der Waals surface area contributed by atoms with Crippen molar-refractivity contribution in [1.29, 1.82) is 0 Å². The first-order valence-corrected chi connectivity index (χ1v) is 9.15. The van der Waals surface area contributed by atoms with Crippen molar-refractivity contribution in [2.45, 2.75) is 12.8 Å². The second kappa shape index (κ2) is 10.1. The van der Waals surface area contributed by atoms with Crippen LogP contribution >= 0.6 is 0 Å². The summed E-state index contributed by atoms with van der Waals surface area (Å²) in [6.45, 7) is 4.47. The van der Waals surface area contributed by atoms with Crippen molar-refractivity contribution < 1.29 is 19.1 Å². The minimum Gasteiger partial charge on any atom is -0.496 e. The Labute approximate surface area is 160 Å². The second-order valence-electron chi connectivity index (χ2n) is 6.87. The molecule has 0 aromatic heterocycles. The normalized spacial score (nSPS) is 15.4. The molecule has 1 heterocycles. The Morgan fingerprint density at radius 3 is 2.59 bits per heavy atom. The quantitative estimate of drug-likeness (QED) is 0.716. The van der Waals surface area contributed by atoms with Crippen LogP contribution in [0.2, 0.25) is 0 Å². The maximum absolute atomic E-state index is 12.5. The van der Waals surface area contributed by atoms with Gasteiger partial charge in [0.2, 0.25) is 0 Å². The first-order valence-electron chi connectivity index (χ1n) is 9.15. The van der Waals surface area contributed by atoms with Gasteiger partial charge in [0, 0.05) is 32.9 Å². The van der Waals surface area contributed by atoms with Crippen molar-refractivity contribution in [3.05, 3.63) is 23.8 Å². The molecule has 8 heteroatoms. The van der Waals surface area contributed by atoms with Crippen molar-refractivity contribution in [3.8, 4) is 5.75 Å². The number of nitrogens with two attached hydrogens (primary N) is 1. The van der Waals surface area contributed by atoms with Crippen LogP contribution in [-0.2, 0) is 4.74 Å². The molecule has 0 radical (unpaired) electrons. The highest BCUT2D eigenvalue weighted by atomic mass is 16.5. The number of hydrogen-bond donors (Lipinski definition) is 2. The number of hydrogen-bond acceptors (Lipinski definition) is 5. The van der Waals surface area contributed by atoms with Crippen molar-refractivity contribution in [2.24, 2.45) is 11.7 Å². The van der Waals surface area contributed by atoms with Gasteiger partial charge in [-0.2, -0.15) is 0 Å². The molecule has 1 saturated heterocycles. The molecule has 2 rings (SSSR count). The Morgan fingerprint density at radius 1 is 1.30 bits per heavy atom. The van der Waals surface area contributed by atoms with Crippen LogP contribution in [0.1, 0.15) is 23.2 Å². The van der Waals surface area contributed by atoms with Crippen LogP contribution in [0.15, 0.2) is 18.2 Å². The number of ether oxygens (including phenoxy) is 2. The van der Waals surface area contributed by atoms with Crippen LogP contribution in [0.3, 0.4) is 0 Å². The van der Waals surface area contributed by atoms with Gasteiger partial charge in [-0.3, -0.25) is 4.79 Å². The SMILES string of the molecule is COCCN1CCC(CN(C)C(=O)Nc2ccc(OC)c(C(N)=O)c2)CC1. The molecule has 1 aliphatic heterocycles. The average molecular weight is 378 g/mol.